The number of aromatic nitrogens is 2. The second kappa shape index (κ2) is 9.16. The molecule has 0 spiro atoms. The Hall–Kier alpha value is -4.41. The third-order valence-corrected chi connectivity index (χ3v) is 4.60. The molecule has 11 heteroatoms. The summed E-state index contributed by atoms with van der Waals surface area (Å²) in [6.45, 7) is -0.543. The smallest absolute Gasteiger partial charge is 0.340 e. The number of carbonyl (C=O) groups excluding carboxylic acids is 3. The summed E-state index contributed by atoms with van der Waals surface area (Å²) in [7, 11) is 3.98. The van der Waals surface area contributed by atoms with Crippen molar-refractivity contribution in [3.8, 4) is 11.5 Å². The lowest BCUT2D eigenvalue weighted by Gasteiger charge is -2.15. The normalized spacial score (nSPS) is 10.5. The van der Waals surface area contributed by atoms with Crippen molar-refractivity contribution in [2.24, 2.45) is 5.73 Å². The fraction of sp³-hybridized carbons (Fsp3) is 0.190. The van der Waals surface area contributed by atoms with Gasteiger partial charge in [-0.1, -0.05) is 18.2 Å². The van der Waals surface area contributed by atoms with Crippen LogP contribution in [0.1, 0.15) is 20.8 Å². The lowest BCUT2D eigenvalue weighted by molar-refractivity contribution is -0.117. The first-order chi connectivity index (χ1) is 15.3. The van der Waals surface area contributed by atoms with Gasteiger partial charge in [-0.2, -0.15) is 5.10 Å². The zero-order valence-electron chi connectivity index (χ0n) is 17.5. The summed E-state index contributed by atoms with van der Waals surface area (Å²) >= 11 is 0. The molecule has 3 rings (SSSR count). The van der Waals surface area contributed by atoms with Gasteiger partial charge in [0, 0.05) is 17.5 Å². The van der Waals surface area contributed by atoms with Crippen LogP contribution in [0.2, 0.25) is 0 Å². The first-order valence-electron chi connectivity index (χ1n) is 9.24. The molecule has 0 atom stereocenters. The number of nitrogens with one attached hydrogen (secondary N) is 1. The average Bonchev–Trinajstić information content (AvgIpc) is 2.79. The number of anilines is 1. The molecule has 11 nitrogen and oxygen atoms in total. The van der Waals surface area contributed by atoms with Crippen LogP contribution < -0.4 is 26.1 Å². The van der Waals surface area contributed by atoms with Gasteiger partial charge in [0.2, 0.25) is 5.91 Å². The quantitative estimate of drug-likeness (QED) is 0.515. The Bertz CT molecular complexity index is 1280. The second-order valence-corrected chi connectivity index (χ2v) is 6.51. The number of primary amides is 1. The first-order valence-corrected chi connectivity index (χ1v) is 9.24. The van der Waals surface area contributed by atoms with Gasteiger partial charge in [0.05, 0.1) is 38.0 Å². The molecule has 32 heavy (non-hydrogen) atoms. The Kier molecular flexibility index (Phi) is 6.38. The number of esters is 1. The topological polar surface area (TPSA) is 152 Å². The van der Waals surface area contributed by atoms with Crippen molar-refractivity contribution in [1.29, 1.82) is 0 Å². The summed E-state index contributed by atoms with van der Waals surface area (Å²) in [6.07, 6.45) is 0. The summed E-state index contributed by atoms with van der Waals surface area (Å²) in [5, 5.41) is 6.95. The lowest BCUT2D eigenvalue weighted by Crippen LogP contribution is -2.32. The highest BCUT2D eigenvalue weighted by Crippen LogP contribution is 2.33. The molecule has 0 fully saturated rings. The summed E-state index contributed by atoms with van der Waals surface area (Å²) < 4.78 is 16.0. The molecule has 1 aromatic heterocycles. The number of hydrogen-bond acceptors (Lipinski definition) is 8. The number of hydrogen-bond donors (Lipinski definition) is 2. The number of nitrogens with two attached hydrogens (primary N) is 1. The van der Waals surface area contributed by atoms with Gasteiger partial charge in [0.25, 0.3) is 11.5 Å². The second-order valence-electron chi connectivity index (χ2n) is 6.51. The van der Waals surface area contributed by atoms with Crippen LogP contribution in [-0.4, -0.2) is 48.9 Å². The molecule has 0 aliphatic heterocycles. The molecule has 2 aromatic carbocycles. The SMILES string of the molecule is COC(=O)c1cc(OC)c(OC)cc1NC(=O)Cn1nc(C(N)=O)c2ccccc2c1=O. The van der Waals surface area contributed by atoms with E-state index in [1.165, 1.54) is 39.5 Å². The number of rotatable bonds is 7. The molecule has 3 aromatic rings. The van der Waals surface area contributed by atoms with E-state index in [0.717, 1.165) is 4.68 Å². The van der Waals surface area contributed by atoms with Crippen LogP contribution >= 0.6 is 0 Å². The van der Waals surface area contributed by atoms with Gasteiger partial charge in [-0.25, -0.2) is 9.48 Å². The predicted octanol–water partition coefficient (Wildman–Crippen LogP) is 0.938. The Morgan fingerprint density at radius 1 is 1.03 bits per heavy atom. The van der Waals surface area contributed by atoms with E-state index in [1.807, 2.05) is 0 Å². The number of ether oxygens (including phenoxy) is 3. The fourth-order valence-electron chi connectivity index (χ4n) is 3.11. The van der Waals surface area contributed by atoms with Crippen molar-refractivity contribution >= 4 is 34.2 Å². The van der Waals surface area contributed by atoms with Crippen LogP contribution in [0.4, 0.5) is 5.69 Å². The molecule has 166 valence electrons. The molecule has 1 heterocycles. The Morgan fingerprint density at radius 3 is 2.25 bits per heavy atom. The number of carbonyl (C=O) groups is 3. The van der Waals surface area contributed by atoms with Gasteiger partial charge < -0.3 is 25.3 Å². The number of fused-ring (bicyclic) bond motifs is 1. The van der Waals surface area contributed by atoms with Crippen LogP contribution in [-0.2, 0) is 16.1 Å². The monoisotopic (exact) mass is 440 g/mol. The first kappa shape index (κ1) is 22.3. The summed E-state index contributed by atoms with van der Waals surface area (Å²) in [5.41, 5.74) is 4.74. The van der Waals surface area contributed by atoms with E-state index in [-0.39, 0.29) is 39.2 Å². The highest BCUT2D eigenvalue weighted by atomic mass is 16.5. The van der Waals surface area contributed by atoms with Gasteiger partial charge >= 0.3 is 5.97 Å². The van der Waals surface area contributed by atoms with E-state index in [2.05, 4.69) is 10.4 Å². The van der Waals surface area contributed by atoms with Crippen LogP contribution in [0.15, 0.2) is 41.2 Å². The zero-order chi connectivity index (χ0) is 23.4. The maximum atomic E-state index is 12.8. The molecule has 0 saturated heterocycles. The number of amides is 2. The number of methoxy groups -OCH3 is 3. The van der Waals surface area contributed by atoms with Gasteiger partial charge in [0.15, 0.2) is 17.2 Å². The standard InChI is InChI=1S/C21H20N4O7/c1-30-15-8-13(21(29)32-3)14(9-16(15)31-2)23-17(26)10-25-20(28)12-7-5-4-6-11(12)18(24-25)19(22)27/h4-9H,10H2,1-3H3,(H2,22,27)(H,23,26). The predicted molar refractivity (Wildman–Crippen MR) is 114 cm³/mol. The Labute approximate surface area is 181 Å². The summed E-state index contributed by atoms with van der Waals surface area (Å²) in [6, 6.07) is 9.04. The minimum atomic E-state index is -0.844. The maximum Gasteiger partial charge on any atom is 0.340 e. The molecule has 3 N–H and O–H groups in total. The molecular formula is C21H20N4O7. The van der Waals surface area contributed by atoms with Crippen LogP contribution in [0.3, 0.4) is 0 Å². The summed E-state index contributed by atoms with van der Waals surface area (Å²) in [4.78, 5) is 49.5. The largest absolute Gasteiger partial charge is 0.493 e. The molecule has 0 aliphatic carbocycles. The van der Waals surface area contributed by atoms with Crippen LogP contribution in [0, 0.1) is 0 Å². The third kappa shape index (κ3) is 4.21. The highest BCUT2D eigenvalue weighted by Gasteiger charge is 2.21. The number of benzene rings is 2. The van der Waals surface area contributed by atoms with Crippen LogP contribution in [0.5, 0.6) is 11.5 Å². The van der Waals surface area contributed by atoms with Crippen molar-refractivity contribution in [1.82, 2.24) is 9.78 Å². The highest BCUT2D eigenvalue weighted by molar-refractivity contribution is 6.04. The minimum Gasteiger partial charge on any atom is -0.493 e. The van der Waals surface area contributed by atoms with Crippen molar-refractivity contribution in [2.45, 2.75) is 6.54 Å². The molecule has 0 radical (unpaired) electrons. The summed E-state index contributed by atoms with van der Waals surface area (Å²) in [5.74, 6) is -1.75. The average molecular weight is 440 g/mol. The fourth-order valence-corrected chi connectivity index (χ4v) is 3.11. The van der Waals surface area contributed by atoms with Gasteiger partial charge in [-0.15, -0.1) is 0 Å². The van der Waals surface area contributed by atoms with Crippen molar-refractivity contribution < 1.29 is 28.6 Å². The van der Waals surface area contributed by atoms with Crippen LogP contribution in [0.25, 0.3) is 10.8 Å². The van der Waals surface area contributed by atoms with Gasteiger partial charge in [0.1, 0.15) is 6.54 Å². The van der Waals surface area contributed by atoms with Crippen molar-refractivity contribution in [3.05, 3.63) is 58.0 Å². The molecule has 0 aliphatic rings. The van der Waals surface area contributed by atoms with Crippen molar-refractivity contribution in [3.63, 3.8) is 0 Å². The zero-order valence-corrected chi connectivity index (χ0v) is 17.5. The molecule has 0 saturated carbocycles. The molecule has 2 amide bonds. The van der Waals surface area contributed by atoms with Gasteiger partial charge in [-0.05, 0) is 6.07 Å². The third-order valence-electron chi connectivity index (χ3n) is 4.60. The Morgan fingerprint density at radius 2 is 1.66 bits per heavy atom. The molecule has 0 unspecified atom stereocenters. The molecular weight excluding hydrogens is 420 g/mol. The maximum absolute atomic E-state index is 12.8. The van der Waals surface area contributed by atoms with Crippen molar-refractivity contribution in [2.75, 3.05) is 26.6 Å². The number of nitrogens with zero attached hydrogens (tertiary/aromatic N) is 2. The van der Waals surface area contributed by atoms with E-state index < -0.39 is 29.9 Å². The van der Waals surface area contributed by atoms with E-state index in [0.29, 0.717) is 0 Å². The molecule has 0 bridgehead atoms. The van der Waals surface area contributed by atoms with E-state index >= 15 is 0 Å². The minimum absolute atomic E-state index is 0.00939. The van der Waals surface area contributed by atoms with E-state index in [1.54, 1.807) is 18.2 Å². The van der Waals surface area contributed by atoms with E-state index in [9.17, 15) is 19.2 Å². The van der Waals surface area contributed by atoms with Gasteiger partial charge in [-0.3, -0.25) is 14.4 Å². The van der Waals surface area contributed by atoms with E-state index in [4.69, 9.17) is 19.9 Å². The Balaban J connectivity index is 2.00. The lowest BCUT2D eigenvalue weighted by atomic mass is 10.1.